The van der Waals surface area contributed by atoms with Gasteiger partial charge in [0, 0.05) is 24.1 Å². The van der Waals surface area contributed by atoms with Crippen molar-refractivity contribution in [1.82, 2.24) is 5.32 Å². The topological polar surface area (TPSA) is 72.2 Å². The zero-order chi connectivity index (χ0) is 19.8. The summed E-state index contributed by atoms with van der Waals surface area (Å²) in [5, 5.41) is 14.0. The van der Waals surface area contributed by atoms with Gasteiger partial charge in [0.15, 0.2) is 0 Å². The predicted molar refractivity (Wildman–Crippen MR) is 109 cm³/mol. The Hall–Kier alpha value is -3.47. The highest BCUT2D eigenvalue weighted by atomic mass is 16.6. The van der Waals surface area contributed by atoms with Crippen molar-refractivity contribution in [3.05, 3.63) is 112 Å². The number of carbonyl (C=O) groups excluding carboxylic acids is 1. The van der Waals surface area contributed by atoms with Gasteiger partial charge >= 0.3 is 0 Å². The van der Waals surface area contributed by atoms with E-state index < -0.39 is 4.92 Å². The summed E-state index contributed by atoms with van der Waals surface area (Å²) in [5.74, 6) is -0.0389. The molecule has 0 saturated heterocycles. The summed E-state index contributed by atoms with van der Waals surface area (Å²) in [6.07, 6.45) is 0.745. The number of nitrogens with zero attached hydrogens (tertiary/aromatic N) is 1. The molecule has 0 spiro atoms. The van der Waals surface area contributed by atoms with E-state index in [9.17, 15) is 14.9 Å². The Morgan fingerprint density at radius 3 is 1.96 bits per heavy atom. The molecule has 0 atom stereocenters. The highest BCUT2D eigenvalue weighted by Gasteiger charge is 2.17. The van der Waals surface area contributed by atoms with E-state index in [0.29, 0.717) is 12.1 Å². The minimum atomic E-state index is -0.455. The van der Waals surface area contributed by atoms with Crippen molar-refractivity contribution < 1.29 is 9.72 Å². The number of benzene rings is 3. The first kappa shape index (κ1) is 19.3. The highest BCUT2D eigenvalue weighted by Crippen LogP contribution is 2.27. The second-order valence-corrected chi connectivity index (χ2v) is 6.58. The summed E-state index contributed by atoms with van der Waals surface area (Å²) in [6.45, 7) is 0.494. The Morgan fingerprint density at radius 1 is 0.857 bits per heavy atom. The first-order valence-electron chi connectivity index (χ1n) is 9.24. The van der Waals surface area contributed by atoms with Gasteiger partial charge in [0.05, 0.1) is 11.3 Å². The normalized spacial score (nSPS) is 10.6. The molecule has 3 aromatic rings. The maximum Gasteiger partial charge on any atom is 0.273 e. The summed E-state index contributed by atoms with van der Waals surface area (Å²) < 4.78 is 0. The van der Waals surface area contributed by atoms with Crippen molar-refractivity contribution in [3.8, 4) is 0 Å². The van der Waals surface area contributed by atoms with Crippen molar-refractivity contribution >= 4 is 11.6 Å². The molecule has 0 aliphatic carbocycles. The van der Waals surface area contributed by atoms with E-state index in [4.69, 9.17) is 0 Å². The lowest BCUT2D eigenvalue weighted by Gasteiger charge is -2.18. The van der Waals surface area contributed by atoms with Gasteiger partial charge in [0.1, 0.15) is 0 Å². The molecule has 1 N–H and O–H groups in total. The van der Waals surface area contributed by atoms with E-state index in [1.54, 1.807) is 18.2 Å². The molecule has 0 aromatic heterocycles. The molecule has 0 saturated carbocycles. The number of hydrogen-bond acceptors (Lipinski definition) is 3. The molecular formula is C23H22N2O3. The molecule has 5 heteroatoms. The number of nitro benzene ring substituents is 1. The second kappa shape index (κ2) is 9.46. The minimum absolute atomic E-state index is 0.00149. The largest absolute Gasteiger partial charge is 0.356 e. The summed E-state index contributed by atoms with van der Waals surface area (Å²) >= 11 is 0. The van der Waals surface area contributed by atoms with Gasteiger partial charge in [-0.2, -0.15) is 0 Å². The van der Waals surface area contributed by atoms with Gasteiger partial charge in [0.2, 0.25) is 5.91 Å². The third-order valence-corrected chi connectivity index (χ3v) is 4.70. The molecule has 0 radical (unpaired) electrons. The van der Waals surface area contributed by atoms with Crippen molar-refractivity contribution in [2.45, 2.75) is 18.8 Å². The molecule has 0 bridgehead atoms. The average Bonchev–Trinajstić information content (AvgIpc) is 2.73. The van der Waals surface area contributed by atoms with Gasteiger partial charge in [-0.25, -0.2) is 0 Å². The number of nitro groups is 1. The van der Waals surface area contributed by atoms with Crippen LogP contribution in [0.5, 0.6) is 0 Å². The Kier molecular flexibility index (Phi) is 6.52. The zero-order valence-corrected chi connectivity index (χ0v) is 15.5. The van der Waals surface area contributed by atoms with Crippen molar-refractivity contribution in [3.63, 3.8) is 0 Å². The fourth-order valence-electron chi connectivity index (χ4n) is 3.33. The van der Waals surface area contributed by atoms with Gasteiger partial charge in [-0.15, -0.1) is 0 Å². The van der Waals surface area contributed by atoms with E-state index in [1.807, 2.05) is 36.4 Å². The summed E-state index contributed by atoms with van der Waals surface area (Å²) in [4.78, 5) is 22.9. The number of hydrogen-bond donors (Lipinski definition) is 1. The first-order chi connectivity index (χ1) is 13.6. The number of carbonyl (C=O) groups is 1. The Balaban J connectivity index is 1.63. The number of amides is 1. The van der Waals surface area contributed by atoms with Crippen molar-refractivity contribution in [2.75, 3.05) is 6.54 Å². The van der Waals surface area contributed by atoms with E-state index in [0.717, 1.165) is 6.42 Å². The predicted octanol–water partition coefficient (Wildman–Crippen LogP) is 4.48. The third-order valence-electron chi connectivity index (χ3n) is 4.70. The molecular weight excluding hydrogens is 352 g/mol. The van der Waals surface area contributed by atoms with Crippen LogP contribution >= 0.6 is 0 Å². The molecule has 5 nitrogen and oxygen atoms in total. The summed E-state index contributed by atoms with van der Waals surface area (Å²) in [7, 11) is 0. The Labute approximate surface area is 164 Å². The fourth-order valence-corrected chi connectivity index (χ4v) is 3.33. The lowest BCUT2D eigenvalue weighted by Crippen LogP contribution is -2.27. The molecule has 0 heterocycles. The zero-order valence-electron chi connectivity index (χ0n) is 15.5. The Morgan fingerprint density at radius 2 is 1.39 bits per heavy atom. The Bertz CT molecular complexity index is 887. The lowest BCUT2D eigenvalue weighted by molar-refractivity contribution is -0.385. The molecule has 142 valence electrons. The van der Waals surface area contributed by atoms with Gasteiger partial charge in [0.25, 0.3) is 5.69 Å². The minimum Gasteiger partial charge on any atom is -0.356 e. The van der Waals surface area contributed by atoms with Crippen LogP contribution in [0.3, 0.4) is 0 Å². The van der Waals surface area contributed by atoms with Crippen LogP contribution < -0.4 is 5.32 Å². The average molecular weight is 374 g/mol. The smallest absolute Gasteiger partial charge is 0.273 e. The number of rotatable bonds is 8. The molecule has 0 aliphatic rings. The van der Waals surface area contributed by atoms with Crippen LogP contribution in [0, 0.1) is 10.1 Å². The maximum absolute atomic E-state index is 12.3. The second-order valence-electron chi connectivity index (χ2n) is 6.58. The fraction of sp³-hybridized carbons (Fsp3) is 0.174. The van der Waals surface area contributed by atoms with Gasteiger partial charge < -0.3 is 5.32 Å². The third kappa shape index (κ3) is 5.04. The molecule has 28 heavy (non-hydrogen) atoms. The van der Waals surface area contributed by atoms with Crippen LogP contribution in [-0.2, 0) is 11.2 Å². The van der Waals surface area contributed by atoms with Gasteiger partial charge in [-0.3, -0.25) is 14.9 Å². The molecule has 0 unspecified atom stereocenters. The standard InChI is InChI=1S/C23H22N2O3/c26-23(17-20-13-7-8-14-22(20)25(27)28)24-16-15-21(18-9-3-1-4-10-18)19-11-5-2-6-12-19/h1-14,21H,15-17H2,(H,24,26). The van der Waals surface area contributed by atoms with E-state index in [-0.39, 0.29) is 23.9 Å². The van der Waals surface area contributed by atoms with E-state index in [1.165, 1.54) is 17.2 Å². The van der Waals surface area contributed by atoms with Gasteiger partial charge in [-0.05, 0) is 17.5 Å². The van der Waals surface area contributed by atoms with Crippen molar-refractivity contribution in [2.24, 2.45) is 0 Å². The van der Waals surface area contributed by atoms with Crippen molar-refractivity contribution in [1.29, 1.82) is 0 Å². The molecule has 0 fully saturated rings. The molecule has 3 rings (SSSR count). The van der Waals surface area contributed by atoms with Crippen LogP contribution in [-0.4, -0.2) is 17.4 Å². The van der Waals surface area contributed by atoms with Crippen LogP contribution in [0.1, 0.15) is 29.0 Å². The van der Waals surface area contributed by atoms with E-state index >= 15 is 0 Å². The summed E-state index contributed by atoms with van der Waals surface area (Å²) in [5.41, 5.74) is 2.79. The summed E-state index contributed by atoms with van der Waals surface area (Å²) in [6, 6.07) is 26.7. The number of nitrogens with one attached hydrogen (secondary N) is 1. The molecule has 3 aromatic carbocycles. The number of para-hydroxylation sites is 1. The SMILES string of the molecule is O=C(Cc1ccccc1[N+](=O)[O-])NCCC(c1ccccc1)c1ccccc1. The van der Waals surface area contributed by atoms with Crippen LogP contribution in [0.4, 0.5) is 5.69 Å². The van der Waals surface area contributed by atoms with E-state index in [2.05, 4.69) is 29.6 Å². The maximum atomic E-state index is 12.3. The first-order valence-corrected chi connectivity index (χ1v) is 9.24. The van der Waals surface area contributed by atoms with Gasteiger partial charge in [-0.1, -0.05) is 78.9 Å². The lowest BCUT2D eigenvalue weighted by atomic mass is 9.88. The van der Waals surface area contributed by atoms with Crippen LogP contribution in [0.2, 0.25) is 0 Å². The molecule has 0 aliphatic heterocycles. The monoisotopic (exact) mass is 374 g/mol. The quantitative estimate of drug-likeness (QED) is 0.467. The van der Waals surface area contributed by atoms with Crippen LogP contribution in [0.25, 0.3) is 0 Å². The highest BCUT2D eigenvalue weighted by molar-refractivity contribution is 5.79. The van der Waals surface area contributed by atoms with Crippen LogP contribution in [0.15, 0.2) is 84.9 Å². The molecule has 1 amide bonds.